The number of hydrogen-bond donors (Lipinski definition) is 1. The standard InChI is InChI=1S/C10H18O2/c1-3-9-5-6-10(4-2,8-11)12-7-9/h7,11H,3-6,8H2,1-2H3/t10-/m1/s1. The maximum absolute atomic E-state index is 9.15. The van der Waals surface area contributed by atoms with Crippen molar-refractivity contribution >= 4 is 0 Å². The predicted molar refractivity (Wildman–Crippen MR) is 48.8 cm³/mol. The molecule has 0 aromatic carbocycles. The first-order valence-electron chi connectivity index (χ1n) is 4.73. The van der Waals surface area contributed by atoms with Gasteiger partial charge >= 0.3 is 0 Å². The van der Waals surface area contributed by atoms with E-state index in [4.69, 9.17) is 9.84 Å². The fourth-order valence-corrected chi connectivity index (χ4v) is 1.46. The fraction of sp³-hybridized carbons (Fsp3) is 0.800. The maximum Gasteiger partial charge on any atom is 0.131 e. The predicted octanol–water partition coefficient (Wildman–Crippen LogP) is 2.23. The SMILES string of the molecule is CCC1=CO[C@@](CC)(CO)CC1. The summed E-state index contributed by atoms with van der Waals surface area (Å²) in [4.78, 5) is 0. The molecule has 0 unspecified atom stereocenters. The average Bonchev–Trinajstić information content (AvgIpc) is 2.18. The van der Waals surface area contributed by atoms with Gasteiger partial charge in [0.25, 0.3) is 0 Å². The van der Waals surface area contributed by atoms with Gasteiger partial charge in [-0.05, 0) is 31.3 Å². The molecule has 1 rings (SSSR count). The van der Waals surface area contributed by atoms with Gasteiger partial charge in [0, 0.05) is 0 Å². The molecule has 70 valence electrons. The molecular formula is C10H18O2. The summed E-state index contributed by atoms with van der Waals surface area (Å²) in [7, 11) is 0. The van der Waals surface area contributed by atoms with E-state index < -0.39 is 0 Å². The van der Waals surface area contributed by atoms with Gasteiger partial charge in [-0.3, -0.25) is 0 Å². The lowest BCUT2D eigenvalue weighted by Crippen LogP contribution is -2.36. The van der Waals surface area contributed by atoms with Gasteiger partial charge in [-0.2, -0.15) is 0 Å². The Hall–Kier alpha value is -0.500. The summed E-state index contributed by atoms with van der Waals surface area (Å²) < 4.78 is 5.56. The number of hydrogen-bond acceptors (Lipinski definition) is 2. The van der Waals surface area contributed by atoms with Crippen molar-refractivity contribution in [2.24, 2.45) is 0 Å². The lowest BCUT2D eigenvalue weighted by Gasteiger charge is -2.34. The van der Waals surface area contributed by atoms with Crippen LogP contribution in [0.1, 0.15) is 39.5 Å². The van der Waals surface area contributed by atoms with E-state index in [-0.39, 0.29) is 12.2 Å². The highest BCUT2D eigenvalue weighted by Gasteiger charge is 2.30. The van der Waals surface area contributed by atoms with Crippen molar-refractivity contribution in [1.82, 2.24) is 0 Å². The Labute approximate surface area is 74.2 Å². The molecule has 1 heterocycles. The minimum absolute atomic E-state index is 0.136. The topological polar surface area (TPSA) is 29.5 Å². The van der Waals surface area contributed by atoms with Crippen LogP contribution in [0.4, 0.5) is 0 Å². The van der Waals surface area contributed by atoms with Crippen LogP contribution in [0.15, 0.2) is 11.8 Å². The average molecular weight is 170 g/mol. The van der Waals surface area contributed by atoms with Gasteiger partial charge in [-0.1, -0.05) is 13.8 Å². The molecule has 12 heavy (non-hydrogen) atoms. The largest absolute Gasteiger partial charge is 0.493 e. The van der Waals surface area contributed by atoms with Crippen LogP contribution in [0.3, 0.4) is 0 Å². The van der Waals surface area contributed by atoms with Crippen molar-refractivity contribution in [3.05, 3.63) is 11.8 Å². The monoisotopic (exact) mass is 170 g/mol. The number of aliphatic hydroxyl groups is 1. The van der Waals surface area contributed by atoms with E-state index in [1.807, 2.05) is 6.26 Å². The second-order valence-corrected chi connectivity index (χ2v) is 3.44. The van der Waals surface area contributed by atoms with Crippen LogP contribution < -0.4 is 0 Å². The quantitative estimate of drug-likeness (QED) is 0.703. The molecule has 1 aliphatic rings. The second kappa shape index (κ2) is 3.94. The number of ether oxygens (including phenoxy) is 1. The minimum atomic E-state index is -0.279. The van der Waals surface area contributed by atoms with Crippen LogP contribution in [0, 0.1) is 0 Å². The summed E-state index contributed by atoms with van der Waals surface area (Å²) in [6, 6.07) is 0. The summed E-state index contributed by atoms with van der Waals surface area (Å²) in [5, 5.41) is 9.15. The van der Waals surface area contributed by atoms with Crippen LogP contribution in [-0.4, -0.2) is 17.3 Å². The van der Waals surface area contributed by atoms with Crippen LogP contribution in [0.5, 0.6) is 0 Å². The first kappa shape index (κ1) is 9.59. The highest BCUT2D eigenvalue weighted by atomic mass is 16.5. The van der Waals surface area contributed by atoms with E-state index in [0.717, 1.165) is 25.7 Å². The molecule has 0 bridgehead atoms. The molecule has 0 radical (unpaired) electrons. The van der Waals surface area contributed by atoms with Crippen molar-refractivity contribution in [2.75, 3.05) is 6.61 Å². The Morgan fingerprint density at radius 1 is 1.58 bits per heavy atom. The molecule has 2 heteroatoms. The lowest BCUT2D eigenvalue weighted by molar-refractivity contribution is -0.0459. The van der Waals surface area contributed by atoms with Crippen molar-refractivity contribution in [3.8, 4) is 0 Å². The molecule has 0 saturated heterocycles. The third-order valence-electron chi connectivity index (χ3n) is 2.76. The molecule has 2 nitrogen and oxygen atoms in total. The van der Waals surface area contributed by atoms with Gasteiger partial charge in [0.2, 0.25) is 0 Å². The molecule has 1 atom stereocenters. The highest BCUT2D eigenvalue weighted by Crippen LogP contribution is 2.30. The molecule has 0 aromatic heterocycles. The van der Waals surface area contributed by atoms with E-state index in [9.17, 15) is 0 Å². The normalized spacial score (nSPS) is 29.4. The summed E-state index contributed by atoms with van der Waals surface area (Å²) >= 11 is 0. The van der Waals surface area contributed by atoms with E-state index in [0.29, 0.717) is 0 Å². The molecule has 1 N–H and O–H groups in total. The number of rotatable bonds is 3. The zero-order chi connectivity index (χ0) is 9.03. The van der Waals surface area contributed by atoms with E-state index >= 15 is 0 Å². The first-order chi connectivity index (χ1) is 5.76. The Kier molecular flexibility index (Phi) is 3.15. The fourth-order valence-electron chi connectivity index (χ4n) is 1.46. The van der Waals surface area contributed by atoms with Crippen LogP contribution in [-0.2, 0) is 4.74 Å². The summed E-state index contributed by atoms with van der Waals surface area (Å²) in [6.45, 7) is 4.32. The summed E-state index contributed by atoms with van der Waals surface area (Å²) in [5.41, 5.74) is 1.08. The molecular weight excluding hydrogens is 152 g/mol. The van der Waals surface area contributed by atoms with Crippen molar-refractivity contribution < 1.29 is 9.84 Å². The lowest BCUT2D eigenvalue weighted by atomic mass is 9.90. The molecule has 1 aliphatic heterocycles. The molecule has 0 aliphatic carbocycles. The van der Waals surface area contributed by atoms with Gasteiger partial charge in [0.05, 0.1) is 12.9 Å². The second-order valence-electron chi connectivity index (χ2n) is 3.44. The summed E-state index contributed by atoms with van der Waals surface area (Å²) in [6.07, 6.45) is 5.82. The highest BCUT2D eigenvalue weighted by molar-refractivity contribution is 5.04. The van der Waals surface area contributed by atoms with Crippen molar-refractivity contribution in [3.63, 3.8) is 0 Å². The van der Waals surface area contributed by atoms with E-state index in [1.165, 1.54) is 5.57 Å². The third-order valence-corrected chi connectivity index (χ3v) is 2.76. The van der Waals surface area contributed by atoms with Crippen LogP contribution >= 0.6 is 0 Å². The third kappa shape index (κ3) is 1.81. The summed E-state index contributed by atoms with van der Waals surface area (Å²) in [5.74, 6) is 0. The first-order valence-corrected chi connectivity index (χ1v) is 4.73. The van der Waals surface area contributed by atoms with Crippen LogP contribution in [0.2, 0.25) is 0 Å². The minimum Gasteiger partial charge on any atom is -0.493 e. The van der Waals surface area contributed by atoms with E-state index in [2.05, 4.69) is 13.8 Å². The molecule has 0 amide bonds. The molecule has 0 fully saturated rings. The van der Waals surface area contributed by atoms with Gasteiger partial charge in [0.15, 0.2) is 0 Å². The van der Waals surface area contributed by atoms with Gasteiger partial charge in [-0.15, -0.1) is 0 Å². The Balaban J connectivity index is 2.59. The molecule has 0 aromatic rings. The van der Waals surface area contributed by atoms with Crippen molar-refractivity contribution in [2.45, 2.75) is 45.1 Å². The zero-order valence-electron chi connectivity index (χ0n) is 7.97. The van der Waals surface area contributed by atoms with Crippen LogP contribution in [0.25, 0.3) is 0 Å². The number of aliphatic hydroxyl groups excluding tert-OH is 1. The Morgan fingerprint density at radius 3 is 2.67 bits per heavy atom. The number of allylic oxidation sites excluding steroid dienone is 1. The smallest absolute Gasteiger partial charge is 0.131 e. The Bertz CT molecular complexity index is 169. The maximum atomic E-state index is 9.15. The zero-order valence-corrected chi connectivity index (χ0v) is 7.97. The van der Waals surface area contributed by atoms with Gasteiger partial charge < -0.3 is 9.84 Å². The van der Waals surface area contributed by atoms with E-state index in [1.54, 1.807) is 0 Å². The van der Waals surface area contributed by atoms with Crippen molar-refractivity contribution in [1.29, 1.82) is 0 Å². The molecule has 0 saturated carbocycles. The van der Waals surface area contributed by atoms with Gasteiger partial charge in [0.1, 0.15) is 5.60 Å². The Morgan fingerprint density at radius 2 is 2.33 bits per heavy atom. The van der Waals surface area contributed by atoms with Gasteiger partial charge in [-0.25, -0.2) is 0 Å². The molecule has 0 spiro atoms.